The molecule has 0 amide bonds. The minimum absolute atomic E-state index is 0.0567. The lowest BCUT2D eigenvalue weighted by Gasteiger charge is -2.12. The number of hydrogen-bond donors (Lipinski definition) is 2. The fraction of sp³-hybridized carbons (Fsp3) is 0.235. The summed E-state index contributed by atoms with van der Waals surface area (Å²) in [6.45, 7) is 4.20. The summed E-state index contributed by atoms with van der Waals surface area (Å²) >= 11 is 0. The number of fused-ring (bicyclic) bond motifs is 1. The summed E-state index contributed by atoms with van der Waals surface area (Å²) in [5, 5.41) is 2.46. The number of H-pyrrole nitrogens is 1. The fourth-order valence-electron chi connectivity index (χ4n) is 2.42. The van der Waals surface area contributed by atoms with Crippen molar-refractivity contribution in [2.45, 2.75) is 19.9 Å². The molecule has 1 heterocycles. The van der Waals surface area contributed by atoms with E-state index in [1.807, 2.05) is 6.20 Å². The minimum atomic E-state index is -0.0567. The monoisotopic (exact) mass is 265 g/mol. The Morgan fingerprint density at radius 3 is 2.60 bits per heavy atom. The number of nitrogens with zero attached hydrogens (tertiary/aromatic N) is 1. The van der Waals surface area contributed by atoms with Gasteiger partial charge in [0.05, 0.1) is 17.9 Å². The van der Waals surface area contributed by atoms with E-state index in [1.165, 1.54) is 10.8 Å². The summed E-state index contributed by atoms with van der Waals surface area (Å²) in [6.07, 6.45) is 1.87. The van der Waals surface area contributed by atoms with Crippen LogP contribution in [0.2, 0.25) is 0 Å². The molecule has 0 aliphatic carbocycles. The predicted octanol–water partition coefficient (Wildman–Crippen LogP) is 3.89. The highest BCUT2D eigenvalue weighted by molar-refractivity contribution is 5.95. The van der Waals surface area contributed by atoms with Crippen LogP contribution >= 0.6 is 0 Å². The topological polar surface area (TPSA) is 54.7 Å². The van der Waals surface area contributed by atoms with Crippen LogP contribution in [0.15, 0.2) is 48.7 Å². The van der Waals surface area contributed by atoms with Crippen molar-refractivity contribution in [1.82, 2.24) is 9.97 Å². The molecule has 0 saturated carbocycles. The number of nitrogens with two attached hydrogens (primary N) is 1. The van der Waals surface area contributed by atoms with E-state index in [2.05, 4.69) is 66.3 Å². The first-order valence-electron chi connectivity index (χ1n) is 6.95. The van der Waals surface area contributed by atoms with Crippen LogP contribution in [0.25, 0.3) is 22.0 Å². The van der Waals surface area contributed by atoms with E-state index in [0.717, 1.165) is 17.1 Å². The summed E-state index contributed by atoms with van der Waals surface area (Å²) in [5.74, 6) is 1.21. The van der Waals surface area contributed by atoms with Gasteiger partial charge >= 0.3 is 0 Å². The summed E-state index contributed by atoms with van der Waals surface area (Å²) < 4.78 is 0. The SMILES string of the molecule is CC(C)C(N)c1ncc(-c2cccc3ccccc23)[nH]1. The van der Waals surface area contributed by atoms with Crippen LogP contribution in [0, 0.1) is 5.92 Å². The molecular weight excluding hydrogens is 246 g/mol. The second-order valence-corrected chi connectivity index (χ2v) is 5.48. The van der Waals surface area contributed by atoms with E-state index in [0.29, 0.717) is 5.92 Å². The number of aromatic amines is 1. The molecule has 0 aliphatic rings. The van der Waals surface area contributed by atoms with Crippen LogP contribution in [0.3, 0.4) is 0 Å². The normalized spacial score (nSPS) is 13.0. The van der Waals surface area contributed by atoms with E-state index in [9.17, 15) is 0 Å². The van der Waals surface area contributed by atoms with Gasteiger partial charge in [-0.2, -0.15) is 0 Å². The van der Waals surface area contributed by atoms with Gasteiger partial charge in [0.15, 0.2) is 0 Å². The van der Waals surface area contributed by atoms with Crippen LogP contribution in [0.1, 0.15) is 25.7 Å². The second kappa shape index (κ2) is 5.10. The average Bonchev–Trinajstić information content (AvgIpc) is 2.95. The summed E-state index contributed by atoms with van der Waals surface area (Å²) in [5.41, 5.74) is 8.33. The molecule has 20 heavy (non-hydrogen) atoms. The van der Waals surface area contributed by atoms with Gasteiger partial charge in [0.2, 0.25) is 0 Å². The summed E-state index contributed by atoms with van der Waals surface area (Å²) in [7, 11) is 0. The molecule has 0 saturated heterocycles. The van der Waals surface area contributed by atoms with Crippen molar-refractivity contribution in [2.75, 3.05) is 0 Å². The van der Waals surface area contributed by atoms with Crippen molar-refractivity contribution in [3.05, 3.63) is 54.5 Å². The van der Waals surface area contributed by atoms with Gasteiger partial charge in [-0.1, -0.05) is 56.3 Å². The molecule has 3 rings (SSSR count). The Hall–Kier alpha value is -2.13. The van der Waals surface area contributed by atoms with Gasteiger partial charge in [-0.15, -0.1) is 0 Å². The molecule has 102 valence electrons. The van der Waals surface area contributed by atoms with Crippen LogP contribution < -0.4 is 5.73 Å². The van der Waals surface area contributed by atoms with Crippen molar-refractivity contribution in [2.24, 2.45) is 11.7 Å². The zero-order chi connectivity index (χ0) is 14.1. The molecule has 0 spiro atoms. The van der Waals surface area contributed by atoms with E-state index in [-0.39, 0.29) is 6.04 Å². The van der Waals surface area contributed by atoms with Gasteiger partial charge in [-0.05, 0) is 16.7 Å². The standard InChI is InChI=1S/C17H19N3/c1-11(2)16(18)17-19-10-15(20-17)14-9-5-7-12-6-3-4-8-13(12)14/h3-11,16H,18H2,1-2H3,(H,19,20). The van der Waals surface area contributed by atoms with Crippen LogP contribution in [-0.2, 0) is 0 Å². The summed E-state index contributed by atoms with van der Waals surface area (Å²) in [4.78, 5) is 7.81. The number of rotatable bonds is 3. The highest BCUT2D eigenvalue weighted by atomic mass is 15.0. The van der Waals surface area contributed by atoms with E-state index in [1.54, 1.807) is 0 Å². The molecule has 1 atom stereocenters. The van der Waals surface area contributed by atoms with Crippen molar-refractivity contribution >= 4 is 10.8 Å². The zero-order valence-electron chi connectivity index (χ0n) is 11.8. The molecule has 3 nitrogen and oxygen atoms in total. The van der Waals surface area contributed by atoms with E-state index >= 15 is 0 Å². The highest BCUT2D eigenvalue weighted by Crippen LogP contribution is 2.28. The number of benzene rings is 2. The maximum Gasteiger partial charge on any atom is 0.123 e. The molecular formula is C17H19N3. The molecule has 0 radical (unpaired) electrons. The molecule has 3 N–H and O–H groups in total. The molecule has 3 aromatic rings. The maximum absolute atomic E-state index is 6.15. The van der Waals surface area contributed by atoms with Crippen molar-refractivity contribution in [3.8, 4) is 11.3 Å². The van der Waals surface area contributed by atoms with Gasteiger partial charge in [-0.3, -0.25) is 0 Å². The largest absolute Gasteiger partial charge is 0.341 e. The minimum Gasteiger partial charge on any atom is -0.341 e. The van der Waals surface area contributed by atoms with Gasteiger partial charge in [-0.25, -0.2) is 4.98 Å². The van der Waals surface area contributed by atoms with Crippen molar-refractivity contribution in [3.63, 3.8) is 0 Å². The Bertz CT molecular complexity index is 722. The number of aromatic nitrogens is 2. The molecule has 1 aromatic heterocycles. The van der Waals surface area contributed by atoms with Crippen LogP contribution in [0.5, 0.6) is 0 Å². The first kappa shape index (κ1) is 12.9. The van der Waals surface area contributed by atoms with Crippen LogP contribution in [0.4, 0.5) is 0 Å². The third-order valence-electron chi connectivity index (χ3n) is 3.71. The molecule has 0 bridgehead atoms. The molecule has 2 aromatic carbocycles. The Morgan fingerprint density at radius 1 is 1.05 bits per heavy atom. The summed E-state index contributed by atoms with van der Waals surface area (Å²) in [6, 6.07) is 14.6. The number of hydrogen-bond acceptors (Lipinski definition) is 2. The maximum atomic E-state index is 6.15. The molecule has 0 aliphatic heterocycles. The van der Waals surface area contributed by atoms with Gasteiger partial charge in [0.1, 0.15) is 5.82 Å². The second-order valence-electron chi connectivity index (χ2n) is 5.48. The van der Waals surface area contributed by atoms with Gasteiger partial charge < -0.3 is 10.7 Å². The van der Waals surface area contributed by atoms with Crippen LogP contribution in [-0.4, -0.2) is 9.97 Å². The zero-order valence-corrected chi connectivity index (χ0v) is 11.8. The predicted molar refractivity (Wildman–Crippen MR) is 83.3 cm³/mol. The number of nitrogens with one attached hydrogen (secondary N) is 1. The lowest BCUT2D eigenvalue weighted by atomic mass is 10.0. The average molecular weight is 265 g/mol. The third-order valence-corrected chi connectivity index (χ3v) is 3.71. The Balaban J connectivity index is 2.08. The fourth-order valence-corrected chi connectivity index (χ4v) is 2.42. The smallest absolute Gasteiger partial charge is 0.123 e. The lowest BCUT2D eigenvalue weighted by molar-refractivity contribution is 0.494. The Morgan fingerprint density at radius 2 is 1.80 bits per heavy atom. The number of imidazole rings is 1. The van der Waals surface area contributed by atoms with Crippen molar-refractivity contribution in [1.29, 1.82) is 0 Å². The first-order valence-corrected chi connectivity index (χ1v) is 6.95. The first-order chi connectivity index (χ1) is 9.66. The molecule has 1 unspecified atom stereocenters. The van der Waals surface area contributed by atoms with E-state index < -0.39 is 0 Å². The Labute approximate surface area is 118 Å². The lowest BCUT2D eigenvalue weighted by Crippen LogP contribution is -2.18. The van der Waals surface area contributed by atoms with Gasteiger partial charge in [0.25, 0.3) is 0 Å². The molecule has 3 heteroatoms. The quantitative estimate of drug-likeness (QED) is 0.755. The molecule has 0 fully saturated rings. The van der Waals surface area contributed by atoms with Crippen molar-refractivity contribution < 1.29 is 0 Å². The highest BCUT2D eigenvalue weighted by Gasteiger charge is 2.15. The third kappa shape index (κ3) is 2.21. The van der Waals surface area contributed by atoms with E-state index in [4.69, 9.17) is 5.73 Å². The Kier molecular flexibility index (Phi) is 3.28. The van der Waals surface area contributed by atoms with Gasteiger partial charge in [0, 0.05) is 5.56 Å².